The Labute approximate surface area is 80.2 Å². The van der Waals surface area contributed by atoms with Crippen molar-refractivity contribution in [3.05, 3.63) is 36.0 Å². The number of hydrogen-bond donors (Lipinski definition) is 1. The highest BCUT2D eigenvalue weighted by Crippen LogP contribution is 2.46. The van der Waals surface area contributed by atoms with Crippen LogP contribution < -0.4 is 5.32 Å². The summed E-state index contributed by atoms with van der Waals surface area (Å²) in [5, 5.41) is 3.37. The van der Waals surface area contributed by atoms with Gasteiger partial charge in [0.1, 0.15) is 0 Å². The summed E-state index contributed by atoms with van der Waals surface area (Å²) in [5.41, 5.74) is 3.46. The van der Waals surface area contributed by atoms with Crippen LogP contribution >= 0.6 is 0 Å². The Morgan fingerprint density at radius 1 is 1.46 bits per heavy atom. The fourth-order valence-corrected chi connectivity index (χ4v) is 2.44. The topological polar surface area (TPSA) is 12.0 Å². The molecule has 1 spiro atoms. The van der Waals surface area contributed by atoms with Crippen LogP contribution in [0.2, 0.25) is 0 Å². The van der Waals surface area contributed by atoms with E-state index in [1.165, 1.54) is 24.0 Å². The lowest BCUT2D eigenvalue weighted by molar-refractivity contribution is 0.225. The van der Waals surface area contributed by atoms with Crippen LogP contribution in [0.4, 0.5) is 0 Å². The maximum atomic E-state index is 3.89. The van der Waals surface area contributed by atoms with E-state index in [1.54, 1.807) is 0 Å². The largest absolute Gasteiger partial charge is 0.315 e. The first kappa shape index (κ1) is 8.76. The molecule has 0 aromatic carbocycles. The Hall–Kier alpha value is -0.820. The highest BCUT2D eigenvalue weighted by molar-refractivity contribution is 5.44. The van der Waals surface area contributed by atoms with Gasteiger partial charge < -0.3 is 5.32 Å². The smallest absolute Gasteiger partial charge is 0.0208 e. The molecule has 1 N–H and O–H groups in total. The van der Waals surface area contributed by atoms with E-state index in [-0.39, 0.29) is 0 Å². The summed E-state index contributed by atoms with van der Waals surface area (Å²) in [6.07, 6.45) is 8.96. The molecule has 0 aromatic rings. The van der Waals surface area contributed by atoms with Crippen molar-refractivity contribution in [2.45, 2.75) is 19.8 Å². The molecule has 1 aliphatic heterocycles. The molecule has 1 heteroatoms. The number of nitrogens with one attached hydrogen (secondary N) is 1. The number of hydrogen-bond acceptors (Lipinski definition) is 1. The first-order chi connectivity index (χ1) is 6.32. The Balaban J connectivity index is 2.34. The predicted octanol–water partition coefficient (Wildman–Crippen LogP) is 2.43. The second kappa shape index (κ2) is 3.15. The van der Waals surface area contributed by atoms with E-state index < -0.39 is 0 Å². The van der Waals surface area contributed by atoms with Crippen LogP contribution in [0.3, 0.4) is 0 Å². The summed E-state index contributed by atoms with van der Waals surface area (Å²) in [4.78, 5) is 0. The van der Waals surface area contributed by atoms with Crippen LogP contribution in [0.15, 0.2) is 36.0 Å². The number of rotatable bonds is 2. The average Bonchev–Trinajstić information content (AvgIpc) is 2.43. The molecule has 1 aliphatic carbocycles. The Morgan fingerprint density at radius 3 is 2.69 bits per heavy atom. The monoisotopic (exact) mass is 175 g/mol. The lowest BCUT2D eigenvalue weighted by Crippen LogP contribution is -2.52. The molecular formula is C12H17N. The molecule has 1 heterocycles. The molecule has 1 fully saturated rings. The van der Waals surface area contributed by atoms with Gasteiger partial charge >= 0.3 is 0 Å². The molecule has 0 aromatic heterocycles. The van der Waals surface area contributed by atoms with E-state index in [0.29, 0.717) is 5.41 Å². The molecule has 0 radical (unpaired) electrons. The minimum Gasteiger partial charge on any atom is -0.315 e. The molecule has 0 saturated carbocycles. The molecular weight excluding hydrogens is 158 g/mol. The first-order valence-electron chi connectivity index (χ1n) is 5.02. The summed E-state index contributed by atoms with van der Waals surface area (Å²) in [7, 11) is 0. The first-order valence-corrected chi connectivity index (χ1v) is 5.02. The third-order valence-corrected chi connectivity index (χ3v) is 3.30. The second-order valence-electron chi connectivity index (χ2n) is 4.03. The lowest BCUT2D eigenvalue weighted by atomic mass is 9.75. The minimum absolute atomic E-state index is 0.468. The van der Waals surface area contributed by atoms with Gasteiger partial charge in [0.2, 0.25) is 0 Å². The Kier molecular flexibility index (Phi) is 2.12. The van der Waals surface area contributed by atoms with Crippen molar-refractivity contribution >= 4 is 0 Å². The molecule has 70 valence electrons. The molecule has 1 nitrogen and oxygen atoms in total. The van der Waals surface area contributed by atoms with E-state index >= 15 is 0 Å². The van der Waals surface area contributed by atoms with Crippen molar-refractivity contribution in [2.24, 2.45) is 5.41 Å². The highest BCUT2D eigenvalue weighted by Gasteiger charge is 2.43. The standard InChI is InChI=1S/C12H17N/c1-3-5-11-10(4-2)6-7-12(11)8-13-9-12/h3-5,13H,2,6-9H2,1H3/b5-3-. The van der Waals surface area contributed by atoms with E-state index in [1.807, 2.05) is 6.08 Å². The Morgan fingerprint density at radius 2 is 2.23 bits per heavy atom. The second-order valence-corrected chi connectivity index (χ2v) is 4.03. The minimum atomic E-state index is 0.468. The Bertz CT molecular complexity index is 279. The van der Waals surface area contributed by atoms with Crippen LogP contribution in [0.1, 0.15) is 19.8 Å². The zero-order valence-electron chi connectivity index (χ0n) is 8.27. The van der Waals surface area contributed by atoms with E-state index in [0.717, 1.165) is 13.1 Å². The average molecular weight is 175 g/mol. The molecule has 0 amide bonds. The van der Waals surface area contributed by atoms with Crippen molar-refractivity contribution in [3.63, 3.8) is 0 Å². The molecule has 13 heavy (non-hydrogen) atoms. The van der Waals surface area contributed by atoms with Gasteiger partial charge in [-0.15, -0.1) is 0 Å². The fraction of sp³-hybridized carbons (Fsp3) is 0.500. The maximum Gasteiger partial charge on any atom is 0.0208 e. The van der Waals surface area contributed by atoms with Gasteiger partial charge in [-0.25, -0.2) is 0 Å². The maximum absolute atomic E-state index is 3.89. The van der Waals surface area contributed by atoms with Crippen molar-refractivity contribution in [1.29, 1.82) is 0 Å². The van der Waals surface area contributed by atoms with Crippen molar-refractivity contribution in [1.82, 2.24) is 5.32 Å². The third-order valence-electron chi connectivity index (χ3n) is 3.30. The predicted molar refractivity (Wildman–Crippen MR) is 56.6 cm³/mol. The van der Waals surface area contributed by atoms with Gasteiger partial charge in [-0.1, -0.05) is 24.8 Å². The molecule has 1 saturated heterocycles. The lowest BCUT2D eigenvalue weighted by Gasteiger charge is -2.41. The van der Waals surface area contributed by atoms with Crippen LogP contribution in [0.5, 0.6) is 0 Å². The molecule has 0 bridgehead atoms. The third kappa shape index (κ3) is 1.19. The van der Waals surface area contributed by atoms with Crippen LogP contribution in [0, 0.1) is 5.41 Å². The summed E-state index contributed by atoms with van der Waals surface area (Å²) < 4.78 is 0. The van der Waals surface area contributed by atoms with Gasteiger partial charge in [0.25, 0.3) is 0 Å². The summed E-state index contributed by atoms with van der Waals surface area (Å²) in [6.45, 7) is 8.29. The van der Waals surface area contributed by atoms with Crippen LogP contribution in [-0.4, -0.2) is 13.1 Å². The quantitative estimate of drug-likeness (QED) is 0.679. The summed E-state index contributed by atoms with van der Waals surface area (Å²) >= 11 is 0. The zero-order chi connectivity index (χ0) is 9.31. The van der Waals surface area contributed by atoms with Gasteiger partial charge in [0, 0.05) is 18.5 Å². The van der Waals surface area contributed by atoms with Crippen LogP contribution in [-0.2, 0) is 0 Å². The molecule has 0 unspecified atom stereocenters. The van der Waals surface area contributed by atoms with E-state index in [9.17, 15) is 0 Å². The molecule has 0 atom stereocenters. The van der Waals surface area contributed by atoms with Gasteiger partial charge in [-0.3, -0.25) is 0 Å². The van der Waals surface area contributed by atoms with Crippen LogP contribution in [0.25, 0.3) is 0 Å². The SMILES string of the molecule is C=CC1=C(/C=C\C)C2(CC1)CNC2. The van der Waals surface area contributed by atoms with Crippen molar-refractivity contribution in [3.8, 4) is 0 Å². The summed E-state index contributed by atoms with van der Waals surface area (Å²) in [5.74, 6) is 0. The van der Waals surface area contributed by atoms with Crippen molar-refractivity contribution in [2.75, 3.05) is 13.1 Å². The molecule has 2 rings (SSSR count). The normalized spacial score (nSPS) is 25.6. The zero-order valence-corrected chi connectivity index (χ0v) is 8.27. The van der Waals surface area contributed by atoms with Gasteiger partial charge in [-0.05, 0) is 30.9 Å². The highest BCUT2D eigenvalue weighted by atomic mass is 15.0. The van der Waals surface area contributed by atoms with E-state index in [4.69, 9.17) is 0 Å². The summed E-state index contributed by atoms with van der Waals surface area (Å²) in [6, 6.07) is 0. The van der Waals surface area contributed by atoms with E-state index in [2.05, 4.69) is 31.0 Å². The number of allylic oxidation sites excluding steroid dienone is 4. The fourth-order valence-electron chi connectivity index (χ4n) is 2.44. The van der Waals surface area contributed by atoms with Gasteiger partial charge in [-0.2, -0.15) is 0 Å². The van der Waals surface area contributed by atoms with Gasteiger partial charge in [0.05, 0.1) is 0 Å². The molecule has 2 aliphatic rings. The van der Waals surface area contributed by atoms with Gasteiger partial charge in [0.15, 0.2) is 0 Å². The van der Waals surface area contributed by atoms with Crippen molar-refractivity contribution < 1.29 is 0 Å².